The molecule has 1 aromatic carbocycles. The van der Waals surface area contributed by atoms with Crippen LogP contribution in [0.2, 0.25) is 0 Å². The number of aryl methyl sites for hydroxylation is 1. The van der Waals surface area contributed by atoms with Crippen molar-refractivity contribution in [3.05, 3.63) is 60.7 Å². The summed E-state index contributed by atoms with van der Waals surface area (Å²) in [5, 5.41) is 19.9. The van der Waals surface area contributed by atoms with Crippen LogP contribution in [0.5, 0.6) is 0 Å². The number of hydrogen-bond donors (Lipinski definition) is 2. The number of aromatic nitrogens is 5. The summed E-state index contributed by atoms with van der Waals surface area (Å²) in [5.74, 6) is 0.427. The Morgan fingerprint density at radius 3 is 2.71 bits per heavy atom. The molecule has 0 unspecified atom stereocenters. The third-order valence-electron chi connectivity index (χ3n) is 5.45. The minimum atomic E-state index is -3.88. The number of nitrogens with one attached hydrogen (secondary N) is 1. The van der Waals surface area contributed by atoms with Crippen LogP contribution in [0.4, 0.5) is 5.69 Å². The summed E-state index contributed by atoms with van der Waals surface area (Å²) in [6.45, 7) is 1.05. The first-order valence-electron chi connectivity index (χ1n) is 9.61. The first-order chi connectivity index (χ1) is 14.7. The van der Waals surface area contributed by atoms with Crippen molar-refractivity contribution in [3.63, 3.8) is 0 Å². The van der Waals surface area contributed by atoms with Gasteiger partial charge in [0, 0.05) is 31.7 Å². The van der Waals surface area contributed by atoms with Crippen molar-refractivity contribution in [3.8, 4) is 5.82 Å². The van der Waals surface area contributed by atoms with E-state index in [0.29, 0.717) is 30.1 Å². The molecular formula is C20H21N7O3S. The highest BCUT2D eigenvalue weighted by Crippen LogP contribution is 2.31. The predicted molar refractivity (Wildman–Crippen MR) is 114 cm³/mol. The molecule has 1 fully saturated rings. The molecule has 1 aliphatic rings. The monoisotopic (exact) mass is 439 g/mol. The third-order valence-corrected chi connectivity index (χ3v) is 6.78. The lowest BCUT2D eigenvalue weighted by atomic mass is 9.87. The van der Waals surface area contributed by atoms with Gasteiger partial charge in [0.1, 0.15) is 10.5 Å². The van der Waals surface area contributed by atoms with E-state index in [-0.39, 0.29) is 4.90 Å². The van der Waals surface area contributed by atoms with E-state index in [1.165, 1.54) is 17.1 Å². The minimum Gasteiger partial charge on any atom is -0.382 e. The van der Waals surface area contributed by atoms with Gasteiger partial charge >= 0.3 is 0 Å². The molecule has 0 bridgehead atoms. The van der Waals surface area contributed by atoms with Crippen LogP contribution in [0, 0.1) is 0 Å². The number of sulfonamides is 1. The van der Waals surface area contributed by atoms with Crippen molar-refractivity contribution in [2.45, 2.75) is 10.5 Å². The van der Waals surface area contributed by atoms with Crippen molar-refractivity contribution in [1.82, 2.24) is 29.4 Å². The SMILES string of the molecule is CN1CC(O)(c2ccnc(-n3cc(S(=O)(=O)Nc4cccc5cnn(C)c45)cn3)c2)C1. The summed E-state index contributed by atoms with van der Waals surface area (Å²) < 4.78 is 31.6. The molecule has 3 aromatic heterocycles. The Balaban J connectivity index is 1.44. The Labute approximate surface area is 178 Å². The van der Waals surface area contributed by atoms with Gasteiger partial charge in [-0.05, 0) is 30.8 Å². The van der Waals surface area contributed by atoms with E-state index >= 15 is 0 Å². The molecule has 0 aliphatic carbocycles. The van der Waals surface area contributed by atoms with Gasteiger partial charge in [-0.1, -0.05) is 12.1 Å². The van der Waals surface area contributed by atoms with Crippen LogP contribution < -0.4 is 4.72 Å². The number of rotatable bonds is 5. The molecule has 160 valence electrons. The van der Waals surface area contributed by atoms with Gasteiger partial charge in [-0.2, -0.15) is 10.2 Å². The van der Waals surface area contributed by atoms with Crippen LogP contribution in [-0.2, 0) is 22.7 Å². The maximum Gasteiger partial charge on any atom is 0.265 e. The number of benzene rings is 1. The minimum absolute atomic E-state index is 0.000892. The quantitative estimate of drug-likeness (QED) is 0.478. The van der Waals surface area contributed by atoms with E-state index < -0.39 is 15.6 Å². The molecular weight excluding hydrogens is 418 g/mol. The van der Waals surface area contributed by atoms with Crippen molar-refractivity contribution in [2.24, 2.45) is 7.05 Å². The number of β-amino-alcohol motifs (C(OH)–C–C–N with tert-alkyl or cyclic N) is 1. The van der Waals surface area contributed by atoms with Gasteiger partial charge < -0.3 is 5.11 Å². The number of para-hydroxylation sites is 1. The van der Waals surface area contributed by atoms with Crippen LogP contribution in [-0.4, -0.2) is 63.1 Å². The van der Waals surface area contributed by atoms with Crippen molar-refractivity contribution in [1.29, 1.82) is 0 Å². The summed E-state index contributed by atoms with van der Waals surface area (Å²) in [6.07, 6.45) is 5.93. The first-order valence-corrected chi connectivity index (χ1v) is 11.1. The Kier molecular flexibility index (Phi) is 4.36. The second-order valence-electron chi connectivity index (χ2n) is 7.84. The van der Waals surface area contributed by atoms with Crippen molar-refractivity contribution < 1.29 is 13.5 Å². The van der Waals surface area contributed by atoms with E-state index in [1.807, 2.05) is 18.0 Å². The molecule has 5 rings (SSSR count). The predicted octanol–water partition coefficient (Wildman–Crippen LogP) is 1.09. The maximum atomic E-state index is 13.0. The van der Waals surface area contributed by atoms with E-state index in [4.69, 9.17) is 0 Å². The topological polar surface area (TPSA) is 118 Å². The Hall–Kier alpha value is -3.28. The van der Waals surface area contributed by atoms with E-state index in [1.54, 1.807) is 48.4 Å². The van der Waals surface area contributed by atoms with Crippen LogP contribution in [0.15, 0.2) is 60.0 Å². The summed E-state index contributed by atoms with van der Waals surface area (Å²) in [5.41, 5.74) is 0.905. The Morgan fingerprint density at radius 2 is 1.94 bits per heavy atom. The molecule has 0 saturated carbocycles. The zero-order valence-corrected chi connectivity index (χ0v) is 17.8. The number of fused-ring (bicyclic) bond motifs is 1. The van der Waals surface area contributed by atoms with Crippen LogP contribution in [0.3, 0.4) is 0 Å². The molecule has 1 saturated heterocycles. The molecule has 11 heteroatoms. The summed E-state index contributed by atoms with van der Waals surface area (Å²) >= 11 is 0. The van der Waals surface area contributed by atoms with E-state index in [0.717, 1.165) is 10.9 Å². The van der Waals surface area contributed by atoms with Gasteiger partial charge in [0.2, 0.25) is 0 Å². The molecule has 0 amide bonds. The lowest BCUT2D eigenvalue weighted by Gasteiger charge is -2.44. The first kappa shape index (κ1) is 19.7. The number of aliphatic hydroxyl groups is 1. The lowest BCUT2D eigenvalue weighted by Crippen LogP contribution is -2.57. The fourth-order valence-electron chi connectivity index (χ4n) is 3.95. The number of likely N-dealkylation sites (tertiary alicyclic amines) is 1. The largest absolute Gasteiger partial charge is 0.382 e. The lowest BCUT2D eigenvalue weighted by molar-refractivity contribution is -0.0919. The molecule has 1 aliphatic heterocycles. The number of nitrogens with zero attached hydrogens (tertiary/aromatic N) is 6. The molecule has 2 N–H and O–H groups in total. The molecule has 4 heterocycles. The van der Waals surface area contributed by atoms with Crippen LogP contribution >= 0.6 is 0 Å². The summed E-state index contributed by atoms with van der Waals surface area (Å²) in [7, 11) is -0.199. The van der Waals surface area contributed by atoms with Gasteiger partial charge in [-0.3, -0.25) is 14.3 Å². The smallest absolute Gasteiger partial charge is 0.265 e. The molecule has 0 atom stereocenters. The highest BCUT2D eigenvalue weighted by molar-refractivity contribution is 7.92. The highest BCUT2D eigenvalue weighted by atomic mass is 32.2. The van der Waals surface area contributed by atoms with E-state index in [2.05, 4.69) is 19.9 Å². The molecule has 10 nitrogen and oxygen atoms in total. The van der Waals surface area contributed by atoms with Crippen LogP contribution in [0.1, 0.15) is 5.56 Å². The molecule has 0 radical (unpaired) electrons. The zero-order valence-electron chi connectivity index (χ0n) is 17.0. The van der Waals surface area contributed by atoms with E-state index in [9.17, 15) is 13.5 Å². The number of pyridine rings is 1. The zero-order chi connectivity index (χ0) is 21.8. The standard InChI is InChI=1S/C20H21N7O3S/c1-25-12-20(28,13-25)15-6-7-21-18(8-15)27-11-16(10-23-27)31(29,30)24-17-5-3-4-14-9-22-26(2)19(14)17/h3-11,24,28H,12-13H2,1-2H3. The third kappa shape index (κ3) is 3.36. The molecule has 31 heavy (non-hydrogen) atoms. The highest BCUT2D eigenvalue weighted by Gasteiger charge is 2.40. The number of likely N-dealkylation sites (N-methyl/N-ethyl adjacent to an activating group) is 1. The average molecular weight is 440 g/mol. The van der Waals surface area contributed by atoms with Crippen molar-refractivity contribution >= 4 is 26.6 Å². The second-order valence-corrected chi connectivity index (χ2v) is 9.53. The molecule has 0 spiro atoms. The Morgan fingerprint density at radius 1 is 1.13 bits per heavy atom. The van der Waals surface area contributed by atoms with Gasteiger partial charge in [-0.25, -0.2) is 18.1 Å². The van der Waals surface area contributed by atoms with Gasteiger partial charge in [0.05, 0.1) is 29.8 Å². The summed E-state index contributed by atoms with van der Waals surface area (Å²) in [4.78, 5) is 6.28. The normalized spacial score (nSPS) is 16.4. The molecule has 4 aromatic rings. The fourth-order valence-corrected chi connectivity index (χ4v) is 4.95. The second kappa shape index (κ2) is 6.87. The van der Waals surface area contributed by atoms with Crippen LogP contribution in [0.25, 0.3) is 16.7 Å². The number of hydrogen-bond acceptors (Lipinski definition) is 7. The van der Waals surface area contributed by atoms with Gasteiger partial charge in [0.15, 0.2) is 5.82 Å². The Bertz CT molecular complexity index is 1390. The summed E-state index contributed by atoms with van der Waals surface area (Å²) in [6, 6.07) is 8.80. The maximum absolute atomic E-state index is 13.0. The van der Waals surface area contributed by atoms with Crippen molar-refractivity contribution in [2.75, 3.05) is 24.9 Å². The van der Waals surface area contributed by atoms with Gasteiger partial charge in [0.25, 0.3) is 10.0 Å². The fraction of sp³-hybridized carbons (Fsp3) is 0.250. The van der Waals surface area contributed by atoms with Gasteiger partial charge in [-0.15, -0.1) is 0 Å². The average Bonchev–Trinajstić information content (AvgIpc) is 3.35. The number of anilines is 1.